The summed E-state index contributed by atoms with van der Waals surface area (Å²) in [6.45, 7) is 2.35. The molecule has 0 amide bonds. The van der Waals surface area contributed by atoms with Crippen LogP contribution in [0.5, 0.6) is 11.5 Å². The van der Waals surface area contributed by atoms with Gasteiger partial charge in [-0.3, -0.25) is 5.43 Å². The second-order valence-corrected chi connectivity index (χ2v) is 7.30. The molecule has 0 atom stereocenters. The molecule has 156 valence electrons. The maximum atomic E-state index is 12.2. The number of nitrogens with zero attached hydrogens (tertiary/aromatic N) is 2. The molecule has 7 nitrogen and oxygen atoms in total. The quantitative estimate of drug-likeness (QED) is 0.295. The molecule has 0 saturated carbocycles. The van der Waals surface area contributed by atoms with Gasteiger partial charge in [-0.15, -0.1) is 0 Å². The number of anilines is 1. The highest BCUT2D eigenvalue weighted by atomic mass is 35.5. The Morgan fingerprint density at radius 3 is 2.70 bits per heavy atom. The lowest BCUT2D eigenvalue weighted by molar-refractivity contribution is 0.0607. The topological polar surface area (TPSA) is 82.0 Å². The fourth-order valence-corrected chi connectivity index (χ4v) is 3.83. The van der Waals surface area contributed by atoms with Crippen LogP contribution < -0.4 is 14.9 Å². The summed E-state index contributed by atoms with van der Waals surface area (Å²) < 4.78 is 15.7. The standard InChI is InChI=1S/C21H20ClN3O4S/c1-4-29-16-11-13(10-15(22)18(16)27-2)12-23-25-21-24-17(14-8-6-5-7-9-14)19(30-21)20(26)28-3/h5-12H,4H2,1-3H3,(H,24,25)/b23-12-. The van der Waals surface area contributed by atoms with Crippen molar-refractivity contribution in [3.63, 3.8) is 0 Å². The van der Waals surface area contributed by atoms with Gasteiger partial charge in [0.25, 0.3) is 0 Å². The van der Waals surface area contributed by atoms with Crippen molar-refractivity contribution < 1.29 is 19.0 Å². The number of aromatic nitrogens is 1. The van der Waals surface area contributed by atoms with Crippen LogP contribution in [0.25, 0.3) is 11.3 Å². The van der Waals surface area contributed by atoms with Crippen LogP contribution >= 0.6 is 22.9 Å². The van der Waals surface area contributed by atoms with Crippen LogP contribution in [0.15, 0.2) is 47.6 Å². The lowest BCUT2D eigenvalue weighted by atomic mass is 10.1. The Bertz CT molecular complexity index is 1050. The highest BCUT2D eigenvalue weighted by Gasteiger charge is 2.20. The van der Waals surface area contributed by atoms with Gasteiger partial charge in [-0.1, -0.05) is 53.3 Å². The molecule has 0 aliphatic rings. The third kappa shape index (κ3) is 4.90. The Balaban J connectivity index is 1.85. The number of hydrazone groups is 1. The number of thiazole rings is 1. The van der Waals surface area contributed by atoms with Crippen LogP contribution in [0.3, 0.4) is 0 Å². The molecular weight excluding hydrogens is 426 g/mol. The molecule has 0 saturated heterocycles. The van der Waals surface area contributed by atoms with E-state index in [4.69, 9.17) is 25.8 Å². The van der Waals surface area contributed by atoms with Crippen LogP contribution in [-0.4, -0.2) is 38.0 Å². The fourth-order valence-electron chi connectivity index (χ4n) is 2.68. The summed E-state index contributed by atoms with van der Waals surface area (Å²) >= 11 is 7.42. The van der Waals surface area contributed by atoms with Crippen LogP contribution in [0.2, 0.25) is 5.02 Å². The van der Waals surface area contributed by atoms with Gasteiger partial charge in [0.1, 0.15) is 4.88 Å². The predicted octanol–water partition coefficient (Wildman–Crippen LogP) is 5.10. The summed E-state index contributed by atoms with van der Waals surface area (Å²) in [5.41, 5.74) is 4.92. The molecule has 3 rings (SSSR count). The zero-order valence-electron chi connectivity index (χ0n) is 16.6. The van der Waals surface area contributed by atoms with Gasteiger partial charge < -0.3 is 14.2 Å². The first kappa shape index (κ1) is 21.6. The Hall–Kier alpha value is -3.10. The number of ether oxygens (including phenoxy) is 3. The van der Waals surface area contributed by atoms with E-state index in [1.54, 1.807) is 18.3 Å². The summed E-state index contributed by atoms with van der Waals surface area (Å²) in [4.78, 5) is 17.0. The molecule has 0 aliphatic heterocycles. The number of esters is 1. The van der Waals surface area contributed by atoms with Crippen molar-refractivity contribution in [1.29, 1.82) is 0 Å². The normalized spacial score (nSPS) is 10.8. The van der Waals surface area contributed by atoms with Crippen LogP contribution in [-0.2, 0) is 4.74 Å². The molecule has 0 radical (unpaired) electrons. The first-order chi connectivity index (χ1) is 14.6. The lowest BCUT2D eigenvalue weighted by Gasteiger charge is -2.11. The number of carbonyl (C=O) groups is 1. The van der Waals surface area contributed by atoms with Gasteiger partial charge >= 0.3 is 5.97 Å². The summed E-state index contributed by atoms with van der Waals surface area (Å²) in [6.07, 6.45) is 1.58. The smallest absolute Gasteiger partial charge is 0.350 e. The van der Waals surface area contributed by atoms with Gasteiger partial charge in [0.05, 0.1) is 37.8 Å². The summed E-state index contributed by atoms with van der Waals surface area (Å²) in [5, 5.41) is 5.08. The van der Waals surface area contributed by atoms with Crippen molar-refractivity contribution in [2.45, 2.75) is 6.92 Å². The second-order valence-electron chi connectivity index (χ2n) is 5.89. The SMILES string of the molecule is CCOc1cc(/C=N\Nc2nc(-c3ccccc3)c(C(=O)OC)s2)cc(Cl)c1OC. The van der Waals surface area contributed by atoms with Crippen LogP contribution in [0.4, 0.5) is 5.13 Å². The third-order valence-electron chi connectivity index (χ3n) is 3.95. The maximum absolute atomic E-state index is 12.2. The van der Waals surface area contributed by atoms with Gasteiger partial charge in [0.2, 0.25) is 5.13 Å². The molecule has 3 aromatic rings. The molecule has 1 aromatic heterocycles. The number of methoxy groups -OCH3 is 2. The number of carbonyl (C=O) groups excluding carboxylic acids is 1. The van der Waals surface area contributed by atoms with E-state index in [1.165, 1.54) is 14.2 Å². The van der Waals surface area contributed by atoms with Crippen molar-refractivity contribution in [3.05, 3.63) is 57.9 Å². The van der Waals surface area contributed by atoms with Crippen molar-refractivity contribution in [2.75, 3.05) is 26.3 Å². The average Bonchev–Trinajstić information content (AvgIpc) is 3.18. The predicted molar refractivity (Wildman–Crippen MR) is 119 cm³/mol. The minimum absolute atomic E-state index is 0.396. The summed E-state index contributed by atoms with van der Waals surface area (Å²) in [7, 11) is 2.87. The Labute approximate surface area is 183 Å². The van der Waals surface area contributed by atoms with Gasteiger partial charge in [0, 0.05) is 5.56 Å². The molecular formula is C21H20ClN3O4S. The van der Waals surface area contributed by atoms with E-state index >= 15 is 0 Å². The molecule has 1 heterocycles. The Kier molecular flexibility index (Phi) is 7.26. The highest BCUT2D eigenvalue weighted by molar-refractivity contribution is 7.17. The number of halogens is 1. The number of hydrogen-bond donors (Lipinski definition) is 1. The molecule has 2 aromatic carbocycles. The molecule has 9 heteroatoms. The van der Waals surface area contributed by atoms with Crippen molar-refractivity contribution >= 4 is 40.3 Å². The lowest BCUT2D eigenvalue weighted by Crippen LogP contribution is -2.00. The first-order valence-electron chi connectivity index (χ1n) is 9.01. The summed E-state index contributed by atoms with van der Waals surface area (Å²) in [6, 6.07) is 12.9. The van der Waals surface area contributed by atoms with Gasteiger partial charge in [-0.25, -0.2) is 9.78 Å². The summed E-state index contributed by atoms with van der Waals surface area (Å²) in [5.74, 6) is 0.549. The molecule has 0 unspecified atom stereocenters. The molecule has 0 aliphatic carbocycles. The van der Waals surface area contributed by atoms with Crippen molar-refractivity contribution in [1.82, 2.24) is 4.98 Å². The fraction of sp³-hybridized carbons (Fsp3) is 0.190. The van der Waals surface area contributed by atoms with E-state index < -0.39 is 5.97 Å². The minimum atomic E-state index is -0.452. The Morgan fingerprint density at radius 1 is 1.27 bits per heavy atom. The molecule has 0 fully saturated rings. The number of rotatable bonds is 8. The third-order valence-corrected chi connectivity index (χ3v) is 5.18. The van der Waals surface area contributed by atoms with E-state index in [2.05, 4.69) is 15.5 Å². The average molecular weight is 446 g/mol. The minimum Gasteiger partial charge on any atom is -0.491 e. The largest absolute Gasteiger partial charge is 0.491 e. The molecule has 30 heavy (non-hydrogen) atoms. The van der Waals surface area contributed by atoms with Crippen LogP contribution in [0, 0.1) is 0 Å². The van der Waals surface area contributed by atoms with Crippen molar-refractivity contribution in [3.8, 4) is 22.8 Å². The van der Waals surface area contributed by atoms with Gasteiger partial charge in [0.15, 0.2) is 11.5 Å². The van der Waals surface area contributed by atoms with E-state index in [0.717, 1.165) is 16.9 Å². The molecule has 0 bridgehead atoms. The first-order valence-corrected chi connectivity index (χ1v) is 10.2. The van der Waals surface area contributed by atoms with Gasteiger partial charge in [-0.2, -0.15) is 5.10 Å². The Morgan fingerprint density at radius 2 is 2.03 bits per heavy atom. The number of benzene rings is 2. The zero-order valence-corrected chi connectivity index (χ0v) is 18.2. The maximum Gasteiger partial charge on any atom is 0.350 e. The van der Waals surface area contributed by atoms with Crippen molar-refractivity contribution in [2.24, 2.45) is 5.10 Å². The van der Waals surface area contributed by atoms with E-state index in [-0.39, 0.29) is 0 Å². The highest BCUT2D eigenvalue weighted by Crippen LogP contribution is 2.36. The van der Waals surface area contributed by atoms with E-state index in [0.29, 0.717) is 44.4 Å². The monoisotopic (exact) mass is 445 g/mol. The molecule has 1 N–H and O–H groups in total. The van der Waals surface area contributed by atoms with E-state index in [9.17, 15) is 4.79 Å². The molecule has 0 spiro atoms. The second kappa shape index (κ2) is 10.1. The van der Waals surface area contributed by atoms with Gasteiger partial charge in [-0.05, 0) is 24.6 Å². The van der Waals surface area contributed by atoms with Crippen LogP contribution in [0.1, 0.15) is 22.2 Å². The number of hydrogen-bond acceptors (Lipinski definition) is 8. The van der Waals surface area contributed by atoms with E-state index in [1.807, 2.05) is 37.3 Å². The number of nitrogens with one attached hydrogen (secondary N) is 1. The zero-order chi connectivity index (χ0) is 21.5.